The Hall–Kier alpha value is -1.53. The molecule has 2 aromatic rings. The second-order valence-electron chi connectivity index (χ2n) is 2.22. The number of rotatable bonds is 0. The number of aromatic nitrogens is 2. The van der Waals surface area contributed by atoms with Crippen LogP contribution in [0.4, 0.5) is 0 Å². The summed E-state index contributed by atoms with van der Waals surface area (Å²) in [6.45, 7) is 0. The topological polar surface area (TPSA) is 52.5 Å². The van der Waals surface area contributed by atoms with Crippen LogP contribution in [0.25, 0.3) is 11.0 Å². The first-order valence-corrected chi connectivity index (χ1v) is 3.24. The normalized spacial score (nSPS) is 8.92. The first kappa shape index (κ1) is 8.57. The fourth-order valence-electron chi connectivity index (χ4n) is 1.06. The Labute approximate surface area is 75.5 Å². The van der Waals surface area contributed by atoms with Gasteiger partial charge in [0.05, 0.1) is 17.4 Å². The van der Waals surface area contributed by atoms with Gasteiger partial charge in [0.1, 0.15) is 11.6 Å². The first-order valence-electron chi connectivity index (χ1n) is 3.24. The molecular formula is C8H6ClN3. The number of nitrogens with one attached hydrogen (secondary N) is 1. The Kier molecular flexibility index (Phi) is 2.32. The molecule has 60 valence electrons. The van der Waals surface area contributed by atoms with Crippen molar-refractivity contribution in [2.24, 2.45) is 0 Å². The van der Waals surface area contributed by atoms with Crippen LogP contribution in [-0.2, 0) is 0 Å². The third-order valence-corrected chi connectivity index (χ3v) is 1.57. The third-order valence-electron chi connectivity index (χ3n) is 1.57. The van der Waals surface area contributed by atoms with Crippen molar-refractivity contribution in [3.05, 3.63) is 30.1 Å². The van der Waals surface area contributed by atoms with E-state index in [0.717, 1.165) is 11.0 Å². The lowest BCUT2D eigenvalue weighted by molar-refractivity contribution is 1.34. The molecule has 2 rings (SSSR count). The molecule has 0 aliphatic rings. The van der Waals surface area contributed by atoms with Gasteiger partial charge in [-0.25, -0.2) is 4.98 Å². The van der Waals surface area contributed by atoms with Crippen molar-refractivity contribution in [1.29, 1.82) is 5.26 Å². The maximum atomic E-state index is 8.65. The SMILES string of the molecule is Cl.N#Cc1cccc2[nH]cnc12. The number of H-pyrrole nitrogens is 1. The molecule has 0 radical (unpaired) electrons. The van der Waals surface area contributed by atoms with Crippen molar-refractivity contribution >= 4 is 23.4 Å². The second-order valence-corrected chi connectivity index (χ2v) is 2.22. The fraction of sp³-hybridized carbons (Fsp3) is 0. The molecule has 0 bridgehead atoms. The molecule has 0 unspecified atom stereocenters. The summed E-state index contributed by atoms with van der Waals surface area (Å²) in [6, 6.07) is 7.55. The fourth-order valence-corrected chi connectivity index (χ4v) is 1.06. The van der Waals surface area contributed by atoms with Crippen molar-refractivity contribution in [3.8, 4) is 6.07 Å². The highest BCUT2D eigenvalue weighted by Crippen LogP contribution is 2.12. The van der Waals surface area contributed by atoms with Gasteiger partial charge in [0, 0.05) is 0 Å². The molecular weight excluding hydrogens is 174 g/mol. The standard InChI is InChI=1S/C8H5N3.ClH/c9-4-6-2-1-3-7-8(6)11-5-10-7;/h1-3,5H,(H,10,11);1H. The Morgan fingerprint density at radius 3 is 3.00 bits per heavy atom. The highest BCUT2D eigenvalue weighted by molar-refractivity contribution is 5.85. The lowest BCUT2D eigenvalue weighted by Crippen LogP contribution is -1.75. The number of nitriles is 1. The van der Waals surface area contributed by atoms with Crippen LogP contribution >= 0.6 is 12.4 Å². The summed E-state index contributed by atoms with van der Waals surface area (Å²) in [6.07, 6.45) is 1.59. The van der Waals surface area contributed by atoms with E-state index in [1.165, 1.54) is 0 Å². The number of hydrogen-bond acceptors (Lipinski definition) is 2. The Balaban J connectivity index is 0.000000720. The zero-order valence-electron chi connectivity index (χ0n) is 6.11. The Morgan fingerprint density at radius 2 is 2.25 bits per heavy atom. The van der Waals surface area contributed by atoms with E-state index in [4.69, 9.17) is 5.26 Å². The van der Waals surface area contributed by atoms with Crippen molar-refractivity contribution in [3.63, 3.8) is 0 Å². The summed E-state index contributed by atoms with van der Waals surface area (Å²) in [5.74, 6) is 0. The number of benzene rings is 1. The third kappa shape index (κ3) is 1.13. The Bertz CT molecular complexity index is 427. The van der Waals surface area contributed by atoms with E-state index < -0.39 is 0 Å². The van der Waals surface area contributed by atoms with Gasteiger partial charge in [-0.05, 0) is 12.1 Å². The molecule has 0 saturated carbocycles. The monoisotopic (exact) mass is 179 g/mol. The molecule has 0 saturated heterocycles. The maximum Gasteiger partial charge on any atom is 0.106 e. The van der Waals surface area contributed by atoms with Gasteiger partial charge >= 0.3 is 0 Å². The predicted octanol–water partition coefficient (Wildman–Crippen LogP) is 1.86. The lowest BCUT2D eigenvalue weighted by atomic mass is 10.2. The first-order chi connectivity index (χ1) is 5.42. The Morgan fingerprint density at radius 1 is 1.42 bits per heavy atom. The quantitative estimate of drug-likeness (QED) is 0.671. The van der Waals surface area contributed by atoms with E-state index in [2.05, 4.69) is 16.0 Å². The number of fused-ring (bicyclic) bond motifs is 1. The van der Waals surface area contributed by atoms with E-state index in [0.29, 0.717) is 5.56 Å². The molecule has 1 aromatic carbocycles. The van der Waals surface area contributed by atoms with Crippen LogP contribution in [-0.4, -0.2) is 9.97 Å². The molecule has 0 amide bonds. The molecule has 0 aliphatic heterocycles. The van der Waals surface area contributed by atoms with Gasteiger partial charge in [-0.15, -0.1) is 12.4 Å². The highest BCUT2D eigenvalue weighted by atomic mass is 35.5. The number of nitrogens with zero attached hydrogens (tertiary/aromatic N) is 2. The summed E-state index contributed by atoms with van der Waals surface area (Å²) < 4.78 is 0. The minimum absolute atomic E-state index is 0. The van der Waals surface area contributed by atoms with Gasteiger partial charge in [0.15, 0.2) is 0 Å². The minimum Gasteiger partial charge on any atom is -0.345 e. The van der Waals surface area contributed by atoms with E-state index >= 15 is 0 Å². The molecule has 4 heteroatoms. The van der Waals surface area contributed by atoms with Gasteiger partial charge in [0.25, 0.3) is 0 Å². The number of para-hydroxylation sites is 1. The van der Waals surface area contributed by atoms with Crippen molar-refractivity contribution in [2.75, 3.05) is 0 Å². The highest BCUT2D eigenvalue weighted by Gasteiger charge is 1.99. The van der Waals surface area contributed by atoms with Crippen molar-refractivity contribution < 1.29 is 0 Å². The van der Waals surface area contributed by atoms with Crippen LogP contribution in [0.2, 0.25) is 0 Å². The molecule has 0 spiro atoms. The number of hydrogen-bond donors (Lipinski definition) is 1. The van der Waals surface area contributed by atoms with Crippen LogP contribution in [0.15, 0.2) is 24.5 Å². The van der Waals surface area contributed by atoms with Crippen molar-refractivity contribution in [2.45, 2.75) is 0 Å². The van der Waals surface area contributed by atoms with Crippen molar-refractivity contribution in [1.82, 2.24) is 9.97 Å². The molecule has 0 atom stereocenters. The maximum absolute atomic E-state index is 8.65. The van der Waals surface area contributed by atoms with Crippen LogP contribution in [0.1, 0.15) is 5.56 Å². The number of imidazole rings is 1. The smallest absolute Gasteiger partial charge is 0.106 e. The molecule has 1 N–H and O–H groups in total. The minimum atomic E-state index is 0. The number of aromatic amines is 1. The van der Waals surface area contributed by atoms with Gasteiger partial charge in [-0.2, -0.15) is 5.26 Å². The van der Waals surface area contributed by atoms with Gasteiger partial charge in [-0.3, -0.25) is 0 Å². The predicted molar refractivity (Wildman–Crippen MR) is 48.1 cm³/mol. The van der Waals surface area contributed by atoms with Crippen LogP contribution in [0.5, 0.6) is 0 Å². The average Bonchev–Trinajstić information content (AvgIpc) is 2.50. The summed E-state index contributed by atoms with van der Waals surface area (Å²) in [5, 5.41) is 8.65. The molecule has 1 aromatic heterocycles. The second kappa shape index (κ2) is 3.24. The molecule has 1 heterocycles. The average molecular weight is 180 g/mol. The molecule has 12 heavy (non-hydrogen) atoms. The lowest BCUT2D eigenvalue weighted by Gasteiger charge is -1.88. The zero-order valence-corrected chi connectivity index (χ0v) is 6.93. The van der Waals surface area contributed by atoms with E-state index in [9.17, 15) is 0 Å². The summed E-state index contributed by atoms with van der Waals surface area (Å²) >= 11 is 0. The van der Waals surface area contributed by atoms with Crippen LogP contribution in [0, 0.1) is 11.3 Å². The summed E-state index contributed by atoms with van der Waals surface area (Å²) in [4.78, 5) is 6.94. The van der Waals surface area contributed by atoms with Gasteiger partial charge in [-0.1, -0.05) is 6.07 Å². The summed E-state index contributed by atoms with van der Waals surface area (Å²) in [5.41, 5.74) is 2.27. The molecule has 0 fully saturated rings. The van der Waals surface area contributed by atoms with Crippen LogP contribution in [0.3, 0.4) is 0 Å². The zero-order chi connectivity index (χ0) is 7.68. The van der Waals surface area contributed by atoms with E-state index in [-0.39, 0.29) is 12.4 Å². The molecule has 0 aliphatic carbocycles. The van der Waals surface area contributed by atoms with E-state index in [1.807, 2.05) is 12.1 Å². The van der Waals surface area contributed by atoms with Gasteiger partial charge in [0.2, 0.25) is 0 Å². The van der Waals surface area contributed by atoms with Crippen LogP contribution < -0.4 is 0 Å². The van der Waals surface area contributed by atoms with E-state index in [1.54, 1.807) is 12.4 Å². The summed E-state index contributed by atoms with van der Waals surface area (Å²) in [7, 11) is 0. The van der Waals surface area contributed by atoms with Gasteiger partial charge < -0.3 is 4.98 Å². The molecule has 3 nitrogen and oxygen atoms in total. The largest absolute Gasteiger partial charge is 0.345 e. The number of halogens is 1.